The SMILES string of the molecule is COc1ccc(C(=O)C[C@@H](C(=O)c2ccc(Cl)cc2)S(=O)(=O)c2ccc(C)cc2)cc1. The van der Waals surface area contributed by atoms with Crippen LogP contribution in [0.5, 0.6) is 5.75 Å². The number of aryl methyl sites for hydroxylation is 1. The zero-order chi connectivity index (χ0) is 22.6. The van der Waals surface area contributed by atoms with E-state index < -0.39 is 33.1 Å². The molecule has 3 aromatic carbocycles. The van der Waals surface area contributed by atoms with Crippen LogP contribution in [0, 0.1) is 6.92 Å². The molecule has 0 amide bonds. The smallest absolute Gasteiger partial charge is 0.189 e. The minimum atomic E-state index is -4.12. The molecule has 0 fully saturated rings. The number of sulfone groups is 1. The van der Waals surface area contributed by atoms with Gasteiger partial charge in [-0.1, -0.05) is 29.3 Å². The van der Waals surface area contributed by atoms with Crippen molar-refractivity contribution in [1.82, 2.24) is 0 Å². The van der Waals surface area contributed by atoms with Crippen molar-refractivity contribution in [2.24, 2.45) is 0 Å². The molecular formula is C24H21ClO5S. The lowest BCUT2D eigenvalue weighted by Gasteiger charge is -2.17. The fourth-order valence-electron chi connectivity index (χ4n) is 3.10. The van der Waals surface area contributed by atoms with Crippen LogP contribution >= 0.6 is 11.6 Å². The molecule has 0 aromatic heterocycles. The van der Waals surface area contributed by atoms with Gasteiger partial charge in [-0.15, -0.1) is 0 Å². The first-order valence-corrected chi connectivity index (χ1v) is 11.4. The number of hydrogen-bond acceptors (Lipinski definition) is 5. The number of carbonyl (C=O) groups excluding carboxylic acids is 2. The van der Waals surface area contributed by atoms with Gasteiger partial charge in [-0.2, -0.15) is 0 Å². The molecule has 0 aliphatic heterocycles. The second-order valence-corrected chi connectivity index (χ2v) is 9.64. The molecule has 0 heterocycles. The van der Waals surface area contributed by atoms with Gasteiger partial charge < -0.3 is 4.74 Å². The molecule has 7 heteroatoms. The lowest BCUT2D eigenvalue weighted by atomic mass is 10.0. The van der Waals surface area contributed by atoms with Crippen LogP contribution in [0.1, 0.15) is 32.7 Å². The molecule has 31 heavy (non-hydrogen) atoms. The van der Waals surface area contributed by atoms with Crippen LogP contribution in [0.25, 0.3) is 0 Å². The number of carbonyl (C=O) groups is 2. The number of ketones is 2. The first-order chi connectivity index (χ1) is 14.7. The fraction of sp³-hybridized carbons (Fsp3) is 0.167. The average molecular weight is 457 g/mol. The summed E-state index contributed by atoms with van der Waals surface area (Å²) in [5.74, 6) is -0.539. The molecule has 1 atom stereocenters. The van der Waals surface area contributed by atoms with Gasteiger partial charge in [0.15, 0.2) is 21.4 Å². The van der Waals surface area contributed by atoms with Gasteiger partial charge >= 0.3 is 0 Å². The maximum atomic E-state index is 13.4. The van der Waals surface area contributed by atoms with Crippen LogP contribution < -0.4 is 4.74 Å². The van der Waals surface area contributed by atoms with E-state index in [0.717, 1.165) is 5.56 Å². The molecule has 0 aliphatic carbocycles. The summed E-state index contributed by atoms with van der Waals surface area (Å²) in [4.78, 5) is 26.1. The maximum Gasteiger partial charge on any atom is 0.189 e. The highest BCUT2D eigenvalue weighted by molar-refractivity contribution is 7.92. The number of ether oxygens (including phenoxy) is 1. The Labute approximate surface area is 186 Å². The summed E-state index contributed by atoms with van der Waals surface area (Å²) in [7, 11) is -2.61. The highest BCUT2D eigenvalue weighted by atomic mass is 35.5. The van der Waals surface area contributed by atoms with Crippen LogP contribution in [0.2, 0.25) is 5.02 Å². The minimum absolute atomic E-state index is 0.00653. The molecule has 0 radical (unpaired) electrons. The number of methoxy groups -OCH3 is 1. The molecule has 0 N–H and O–H groups in total. The second-order valence-electron chi connectivity index (χ2n) is 7.07. The van der Waals surface area contributed by atoms with E-state index in [0.29, 0.717) is 16.3 Å². The van der Waals surface area contributed by atoms with Gasteiger partial charge in [0.25, 0.3) is 0 Å². The molecule has 3 aromatic rings. The van der Waals surface area contributed by atoms with E-state index in [2.05, 4.69) is 0 Å². The zero-order valence-corrected chi connectivity index (χ0v) is 18.6. The third-order valence-corrected chi connectivity index (χ3v) is 7.24. The normalized spacial score (nSPS) is 12.2. The third kappa shape index (κ3) is 5.21. The van der Waals surface area contributed by atoms with E-state index in [1.807, 2.05) is 6.92 Å². The predicted molar refractivity (Wildman–Crippen MR) is 120 cm³/mol. The van der Waals surface area contributed by atoms with Gasteiger partial charge in [-0.3, -0.25) is 9.59 Å². The van der Waals surface area contributed by atoms with Gasteiger partial charge in [0.2, 0.25) is 0 Å². The van der Waals surface area contributed by atoms with Crippen molar-refractivity contribution in [3.8, 4) is 5.75 Å². The topological polar surface area (TPSA) is 77.5 Å². The van der Waals surface area contributed by atoms with Crippen molar-refractivity contribution in [1.29, 1.82) is 0 Å². The summed E-state index contributed by atoms with van der Waals surface area (Å²) in [6.07, 6.45) is -0.482. The molecule has 0 bridgehead atoms. The van der Waals surface area contributed by atoms with Crippen molar-refractivity contribution in [2.75, 3.05) is 7.11 Å². The van der Waals surface area contributed by atoms with Crippen molar-refractivity contribution in [3.63, 3.8) is 0 Å². The molecule has 0 unspecified atom stereocenters. The lowest BCUT2D eigenvalue weighted by Crippen LogP contribution is -2.33. The van der Waals surface area contributed by atoms with E-state index in [9.17, 15) is 18.0 Å². The predicted octanol–water partition coefficient (Wildman–Crippen LogP) is 4.96. The maximum absolute atomic E-state index is 13.4. The molecular weight excluding hydrogens is 436 g/mol. The second kappa shape index (κ2) is 9.45. The van der Waals surface area contributed by atoms with Crippen LogP contribution in [-0.2, 0) is 9.84 Å². The number of benzene rings is 3. The van der Waals surface area contributed by atoms with Gasteiger partial charge in [0.05, 0.1) is 12.0 Å². The number of hydrogen-bond donors (Lipinski definition) is 0. The highest BCUT2D eigenvalue weighted by Gasteiger charge is 2.36. The summed E-state index contributed by atoms with van der Waals surface area (Å²) in [6.45, 7) is 1.83. The van der Waals surface area contributed by atoms with Gasteiger partial charge in [-0.25, -0.2) is 8.42 Å². The Morgan fingerprint density at radius 2 is 1.42 bits per heavy atom. The molecule has 0 saturated heterocycles. The van der Waals surface area contributed by atoms with Crippen LogP contribution in [0.3, 0.4) is 0 Å². The Bertz CT molecular complexity index is 1180. The lowest BCUT2D eigenvalue weighted by molar-refractivity contribution is 0.0920. The number of halogens is 1. The van der Waals surface area contributed by atoms with Gasteiger partial charge in [0, 0.05) is 22.6 Å². The van der Waals surface area contributed by atoms with Crippen LogP contribution in [0.4, 0.5) is 0 Å². The van der Waals surface area contributed by atoms with E-state index in [1.165, 1.54) is 43.5 Å². The average Bonchev–Trinajstić information content (AvgIpc) is 2.77. The Morgan fingerprint density at radius 3 is 1.97 bits per heavy atom. The molecule has 0 aliphatic rings. The molecule has 160 valence electrons. The van der Waals surface area contributed by atoms with E-state index in [4.69, 9.17) is 16.3 Å². The van der Waals surface area contributed by atoms with Crippen molar-refractivity contribution in [3.05, 3.63) is 94.5 Å². The van der Waals surface area contributed by atoms with E-state index in [-0.39, 0.29) is 10.5 Å². The Hall–Kier alpha value is -2.96. The molecule has 5 nitrogen and oxygen atoms in total. The number of Topliss-reactive ketones (excluding diaryl/α,β-unsaturated/α-hetero) is 2. The standard InChI is InChI=1S/C24H21ClO5S/c1-16-3-13-21(14-4-16)31(28,29)23(24(27)18-5-9-19(25)10-6-18)15-22(26)17-7-11-20(30-2)12-8-17/h3-14,23H,15H2,1-2H3/t23-/m0/s1. The van der Waals surface area contributed by atoms with Crippen LogP contribution in [0.15, 0.2) is 77.7 Å². The quantitative estimate of drug-likeness (QED) is 0.448. The van der Waals surface area contributed by atoms with E-state index >= 15 is 0 Å². The van der Waals surface area contributed by atoms with Crippen molar-refractivity contribution in [2.45, 2.75) is 23.5 Å². The van der Waals surface area contributed by atoms with Crippen LogP contribution in [-0.4, -0.2) is 32.3 Å². The Morgan fingerprint density at radius 1 is 0.871 bits per heavy atom. The summed E-state index contributed by atoms with van der Waals surface area (Å²) in [5.41, 5.74) is 1.36. The van der Waals surface area contributed by atoms with Crippen molar-refractivity contribution < 1.29 is 22.7 Å². The minimum Gasteiger partial charge on any atom is -0.497 e. The monoisotopic (exact) mass is 456 g/mol. The highest BCUT2D eigenvalue weighted by Crippen LogP contribution is 2.25. The van der Waals surface area contributed by atoms with Crippen molar-refractivity contribution >= 4 is 33.0 Å². The summed E-state index contributed by atoms with van der Waals surface area (Å²) in [5, 5.41) is -1.14. The third-order valence-electron chi connectivity index (χ3n) is 4.93. The molecule has 3 rings (SSSR count). The van der Waals surface area contributed by atoms with Gasteiger partial charge in [0.1, 0.15) is 11.0 Å². The number of rotatable bonds is 8. The largest absolute Gasteiger partial charge is 0.497 e. The molecule has 0 saturated carbocycles. The summed E-state index contributed by atoms with van der Waals surface area (Å²) >= 11 is 5.89. The zero-order valence-electron chi connectivity index (χ0n) is 17.0. The summed E-state index contributed by atoms with van der Waals surface area (Å²) < 4.78 is 31.8. The first kappa shape index (κ1) is 22.7. The fourth-order valence-corrected chi connectivity index (χ4v) is 4.86. The first-order valence-electron chi connectivity index (χ1n) is 9.50. The Balaban J connectivity index is 2.00. The molecule has 0 spiro atoms. The van der Waals surface area contributed by atoms with E-state index in [1.54, 1.807) is 36.4 Å². The van der Waals surface area contributed by atoms with Gasteiger partial charge in [-0.05, 0) is 67.6 Å². The Kier molecular flexibility index (Phi) is 6.93. The summed E-state index contributed by atoms with van der Waals surface area (Å²) in [6, 6.07) is 18.5.